The molecule has 0 radical (unpaired) electrons. The summed E-state index contributed by atoms with van der Waals surface area (Å²) in [7, 11) is 0. The Morgan fingerprint density at radius 3 is 2.87 bits per heavy atom. The van der Waals surface area contributed by atoms with E-state index in [9.17, 15) is 19.1 Å². The SMILES string of the molecule is O=C(COc1ccc(Cl)c(F)c1)N[C@H]1CC2(NC(=O)C3CC(CO)CCN3)CC1C2. The van der Waals surface area contributed by atoms with Crippen LogP contribution >= 0.6 is 11.6 Å². The van der Waals surface area contributed by atoms with Crippen LogP contribution in [0.5, 0.6) is 5.75 Å². The van der Waals surface area contributed by atoms with E-state index >= 15 is 0 Å². The molecular weight excluding hydrogens is 413 g/mol. The largest absolute Gasteiger partial charge is 0.484 e. The summed E-state index contributed by atoms with van der Waals surface area (Å²) in [4.78, 5) is 24.9. The summed E-state index contributed by atoms with van der Waals surface area (Å²) in [5.74, 6) is -0.143. The van der Waals surface area contributed by atoms with Gasteiger partial charge in [-0.25, -0.2) is 4.39 Å². The van der Waals surface area contributed by atoms with Gasteiger partial charge >= 0.3 is 0 Å². The van der Waals surface area contributed by atoms with E-state index in [1.165, 1.54) is 12.1 Å². The highest BCUT2D eigenvalue weighted by molar-refractivity contribution is 6.30. The third-order valence-corrected chi connectivity index (χ3v) is 6.87. The molecule has 30 heavy (non-hydrogen) atoms. The molecule has 0 aromatic heterocycles. The Balaban J connectivity index is 1.23. The summed E-state index contributed by atoms with van der Waals surface area (Å²) in [5.41, 5.74) is -0.256. The highest BCUT2D eigenvalue weighted by Gasteiger charge is 2.57. The van der Waals surface area contributed by atoms with Crippen LogP contribution in [0, 0.1) is 17.7 Å². The quantitative estimate of drug-likeness (QED) is 0.514. The number of rotatable bonds is 7. The number of fused-ring (bicyclic) bond motifs is 1. The van der Waals surface area contributed by atoms with Crippen molar-refractivity contribution in [2.45, 2.75) is 49.7 Å². The first kappa shape index (κ1) is 21.3. The number of benzene rings is 1. The Morgan fingerprint density at radius 2 is 2.13 bits per heavy atom. The van der Waals surface area contributed by atoms with Crippen molar-refractivity contribution in [2.75, 3.05) is 19.8 Å². The molecule has 4 fully saturated rings. The normalized spacial score (nSPS) is 32.2. The summed E-state index contributed by atoms with van der Waals surface area (Å²) in [5, 5.41) is 18.8. The standard InChI is InChI=1S/C21H27ClFN3O4/c22-15-2-1-14(6-16(15)23)30-11-19(28)25-18-9-21(7-13(18)8-21)26-20(29)17-5-12(10-27)3-4-24-17/h1-2,6,12-13,17-18,24,27H,3-5,7-11H2,(H,25,28)(H,26,29)/t12?,13?,17?,18-,21?/m0/s1. The Kier molecular flexibility index (Phi) is 6.18. The third kappa shape index (κ3) is 4.55. The van der Waals surface area contributed by atoms with Crippen LogP contribution < -0.4 is 20.7 Å². The molecule has 2 amide bonds. The van der Waals surface area contributed by atoms with Crippen LogP contribution in [0.25, 0.3) is 0 Å². The zero-order valence-electron chi connectivity index (χ0n) is 16.6. The topological polar surface area (TPSA) is 99.7 Å². The van der Waals surface area contributed by atoms with Crippen LogP contribution in [0.15, 0.2) is 18.2 Å². The Hall–Kier alpha value is -1.90. The lowest BCUT2D eigenvalue weighted by atomic mass is 9.76. The minimum atomic E-state index is -0.596. The number of aliphatic hydroxyl groups is 1. The molecule has 1 aliphatic heterocycles. The molecule has 5 rings (SSSR count). The molecule has 3 atom stereocenters. The van der Waals surface area contributed by atoms with Gasteiger partial charge in [0.05, 0.1) is 11.1 Å². The lowest BCUT2D eigenvalue weighted by Crippen LogP contribution is -2.58. The number of halogens is 2. The Morgan fingerprint density at radius 1 is 1.33 bits per heavy atom. The summed E-state index contributed by atoms with van der Waals surface area (Å²) in [6.45, 7) is 0.630. The van der Waals surface area contributed by atoms with E-state index in [1.54, 1.807) is 0 Å². The molecule has 1 aromatic rings. The first-order valence-corrected chi connectivity index (χ1v) is 10.8. The first-order chi connectivity index (χ1) is 14.4. The maximum Gasteiger partial charge on any atom is 0.258 e. The molecule has 9 heteroatoms. The first-order valence-electron chi connectivity index (χ1n) is 10.4. The Labute approximate surface area is 179 Å². The van der Waals surface area contributed by atoms with Gasteiger partial charge in [0.2, 0.25) is 5.91 Å². The molecule has 1 heterocycles. The number of hydrogen-bond donors (Lipinski definition) is 4. The molecule has 164 valence electrons. The molecule has 3 aliphatic carbocycles. The molecule has 2 unspecified atom stereocenters. The maximum atomic E-state index is 13.4. The second-order valence-electron chi connectivity index (χ2n) is 8.76. The van der Waals surface area contributed by atoms with Crippen molar-refractivity contribution >= 4 is 23.4 Å². The smallest absolute Gasteiger partial charge is 0.258 e. The van der Waals surface area contributed by atoms with Crippen LogP contribution in [0.2, 0.25) is 5.02 Å². The van der Waals surface area contributed by atoms with Crippen LogP contribution in [-0.4, -0.2) is 54.3 Å². The molecule has 7 nitrogen and oxygen atoms in total. The maximum absolute atomic E-state index is 13.4. The van der Waals surface area contributed by atoms with Crippen molar-refractivity contribution < 1.29 is 23.8 Å². The van der Waals surface area contributed by atoms with Crippen molar-refractivity contribution in [1.82, 2.24) is 16.0 Å². The molecule has 1 saturated heterocycles. The van der Waals surface area contributed by atoms with Gasteiger partial charge in [-0.05, 0) is 62.6 Å². The highest BCUT2D eigenvalue weighted by atomic mass is 35.5. The van der Waals surface area contributed by atoms with Gasteiger partial charge in [0.1, 0.15) is 11.6 Å². The van der Waals surface area contributed by atoms with Gasteiger partial charge < -0.3 is 25.8 Å². The molecular formula is C21H27ClFN3O4. The summed E-state index contributed by atoms with van der Waals surface area (Å²) >= 11 is 5.64. The predicted octanol–water partition coefficient (Wildman–Crippen LogP) is 1.37. The average Bonchev–Trinajstić information content (AvgIpc) is 3.22. The third-order valence-electron chi connectivity index (χ3n) is 6.57. The van der Waals surface area contributed by atoms with E-state index < -0.39 is 5.82 Å². The molecule has 4 aliphatic rings. The number of carbonyl (C=O) groups is 2. The molecule has 0 spiro atoms. The van der Waals surface area contributed by atoms with Gasteiger partial charge in [-0.3, -0.25) is 9.59 Å². The van der Waals surface area contributed by atoms with Crippen LogP contribution in [0.4, 0.5) is 4.39 Å². The number of ether oxygens (including phenoxy) is 1. The van der Waals surface area contributed by atoms with Gasteiger partial charge in [0.15, 0.2) is 6.61 Å². The molecule has 4 N–H and O–H groups in total. The van der Waals surface area contributed by atoms with E-state index in [0.29, 0.717) is 18.8 Å². The minimum absolute atomic E-state index is 0.000172. The van der Waals surface area contributed by atoms with Crippen LogP contribution in [0.3, 0.4) is 0 Å². The fourth-order valence-corrected chi connectivity index (χ4v) is 5.10. The number of piperidine rings is 1. The van der Waals surface area contributed by atoms with Crippen molar-refractivity contribution in [3.05, 3.63) is 29.0 Å². The zero-order chi connectivity index (χ0) is 21.3. The van der Waals surface area contributed by atoms with E-state index in [1.807, 2.05) is 0 Å². The van der Waals surface area contributed by atoms with E-state index in [4.69, 9.17) is 16.3 Å². The lowest BCUT2D eigenvalue weighted by Gasteiger charge is -2.41. The predicted molar refractivity (Wildman–Crippen MR) is 109 cm³/mol. The summed E-state index contributed by atoms with van der Waals surface area (Å²) in [6, 6.07) is 3.76. The average molecular weight is 440 g/mol. The number of hydrogen-bond acceptors (Lipinski definition) is 5. The van der Waals surface area contributed by atoms with Crippen molar-refractivity contribution in [3.8, 4) is 5.75 Å². The van der Waals surface area contributed by atoms with E-state index in [0.717, 1.165) is 31.9 Å². The molecule has 1 aromatic carbocycles. The fraction of sp³-hybridized carbons (Fsp3) is 0.619. The molecule has 2 bridgehead atoms. The number of nitrogens with one attached hydrogen (secondary N) is 3. The van der Waals surface area contributed by atoms with Crippen LogP contribution in [-0.2, 0) is 9.59 Å². The summed E-state index contributed by atoms with van der Waals surface area (Å²) < 4.78 is 18.8. The number of amides is 2. The monoisotopic (exact) mass is 439 g/mol. The second-order valence-corrected chi connectivity index (χ2v) is 9.17. The van der Waals surface area contributed by atoms with Crippen molar-refractivity contribution in [3.63, 3.8) is 0 Å². The van der Waals surface area contributed by atoms with E-state index in [-0.39, 0.29) is 59.3 Å². The highest BCUT2D eigenvalue weighted by Crippen LogP contribution is 2.52. The van der Waals surface area contributed by atoms with Gasteiger partial charge in [-0.1, -0.05) is 11.6 Å². The zero-order valence-corrected chi connectivity index (χ0v) is 17.4. The van der Waals surface area contributed by atoms with E-state index in [2.05, 4.69) is 16.0 Å². The van der Waals surface area contributed by atoms with Gasteiger partial charge in [0, 0.05) is 24.3 Å². The summed E-state index contributed by atoms with van der Waals surface area (Å²) in [6.07, 6.45) is 3.92. The fourth-order valence-electron chi connectivity index (χ4n) is 4.98. The second kappa shape index (κ2) is 8.69. The molecule has 3 saturated carbocycles. The van der Waals surface area contributed by atoms with Crippen molar-refractivity contribution in [2.24, 2.45) is 11.8 Å². The van der Waals surface area contributed by atoms with Gasteiger partial charge in [-0.15, -0.1) is 0 Å². The van der Waals surface area contributed by atoms with Crippen LogP contribution in [0.1, 0.15) is 32.1 Å². The number of carbonyl (C=O) groups excluding carboxylic acids is 2. The van der Waals surface area contributed by atoms with Crippen molar-refractivity contribution in [1.29, 1.82) is 0 Å². The lowest BCUT2D eigenvalue weighted by molar-refractivity contribution is -0.127. The van der Waals surface area contributed by atoms with Gasteiger partial charge in [-0.2, -0.15) is 0 Å². The minimum Gasteiger partial charge on any atom is -0.484 e. The Bertz CT molecular complexity index is 817. The number of aliphatic hydroxyl groups excluding tert-OH is 1. The van der Waals surface area contributed by atoms with Gasteiger partial charge in [0.25, 0.3) is 5.91 Å².